The van der Waals surface area contributed by atoms with Gasteiger partial charge in [0.15, 0.2) is 0 Å². The first-order chi connectivity index (χ1) is 11.0. The highest BCUT2D eigenvalue weighted by Gasteiger charge is 2.13. The maximum atomic E-state index is 13.6. The van der Waals surface area contributed by atoms with Gasteiger partial charge in [0.1, 0.15) is 5.82 Å². The molecule has 0 unspecified atom stereocenters. The van der Waals surface area contributed by atoms with Crippen LogP contribution in [0.4, 0.5) is 26.2 Å². The van der Waals surface area contributed by atoms with Crippen LogP contribution in [0.5, 0.6) is 0 Å². The maximum absolute atomic E-state index is 13.6. The molecule has 2 aromatic rings. The van der Waals surface area contributed by atoms with E-state index in [0.717, 1.165) is 18.2 Å². The fourth-order valence-electron chi connectivity index (χ4n) is 1.98. The van der Waals surface area contributed by atoms with Crippen molar-refractivity contribution in [3.63, 3.8) is 0 Å². The highest BCUT2D eigenvalue weighted by atomic mass is 19.1. The maximum Gasteiger partial charge on any atom is 0.323 e. The van der Waals surface area contributed by atoms with E-state index in [4.69, 9.17) is 5.11 Å². The number of non-ortho nitro benzene ring substituents is 1. The van der Waals surface area contributed by atoms with E-state index < -0.39 is 16.8 Å². The molecule has 0 aliphatic rings. The lowest BCUT2D eigenvalue weighted by atomic mass is 10.1. The van der Waals surface area contributed by atoms with E-state index in [1.165, 1.54) is 0 Å². The first-order valence-electron chi connectivity index (χ1n) is 6.72. The average molecular weight is 319 g/mol. The first kappa shape index (κ1) is 16.4. The van der Waals surface area contributed by atoms with Gasteiger partial charge in [0.25, 0.3) is 5.69 Å². The van der Waals surface area contributed by atoms with Gasteiger partial charge in [-0.05, 0) is 24.1 Å². The van der Waals surface area contributed by atoms with Crippen LogP contribution < -0.4 is 10.6 Å². The van der Waals surface area contributed by atoms with Gasteiger partial charge in [-0.15, -0.1) is 0 Å². The van der Waals surface area contributed by atoms with Gasteiger partial charge in [-0.2, -0.15) is 0 Å². The van der Waals surface area contributed by atoms with Crippen LogP contribution >= 0.6 is 0 Å². The van der Waals surface area contributed by atoms with E-state index >= 15 is 0 Å². The Balaban J connectivity index is 2.14. The predicted octanol–water partition coefficient (Wildman–Crippen LogP) is 2.91. The number of anilines is 2. The summed E-state index contributed by atoms with van der Waals surface area (Å²) in [6, 6.07) is 8.94. The number of rotatable bonds is 5. The second-order valence-electron chi connectivity index (χ2n) is 4.63. The molecule has 120 valence electrons. The number of hydrogen-bond donors (Lipinski definition) is 3. The molecule has 0 saturated carbocycles. The molecule has 23 heavy (non-hydrogen) atoms. The summed E-state index contributed by atoms with van der Waals surface area (Å²) in [5.74, 6) is -0.783. The second kappa shape index (κ2) is 7.32. The number of nitrogens with zero attached hydrogens (tertiary/aromatic N) is 1. The lowest BCUT2D eigenvalue weighted by Gasteiger charge is -2.11. The zero-order chi connectivity index (χ0) is 16.8. The van der Waals surface area contributed by atoms with Crippen molar-refractivity contribution in [3.05, 3.63) is 64.0 Å². The van der Waals surface area contributed by atoms with Gasteiger partial charge >= 0.3 is 6.03 Å². The molecule has 2 rings (SSSR count). The molecule has 0 saturated heterocycles. The van der Waals surface area contributed by atoms with Crippen molar-refractivity contribution < 1.29 is 19.2 Å². The summed E-state index contributed by atoms with van der Waals surface area (Å²) < 4.78 is 13.6. The van der Waals surface area contributed by atoms with Crippen LogP contribution in [0.25, 0.3) is 0 Å². The van der Waals surface area contributed by atoms with E-state index in [9.17, 15) is 19.3 Å². The summed E-state index contributed by atoms with van der Waals surface area (Å²) in [6.45, 7) is -0.0835. The summed E-state index contributed by atoms with van der Waals surface area (Å²) in [5, 5.41) is 24.4. The average Bonchev–Trinajstić information content (AvgIpc) is 2.51. The van der Waals surface area contributed by atoms with E-state index in [-0.39, 0.29) is 18.0 Å². The molecule has 0 fully saturated rings. The number of urea groups is 1. The zero-order valence-electron chi connectivity index (χ0n) is 12.0. The van der Waals surface area contributed by atoms with Crippen LogP contribution in [0.15, 0.2) is 42.5 Å². The largest absolute Gasteiger partial charge is 0.396 e. The number of para-hydroxylation sites is 1. The molecule has 2 amide bonds. The van der Waals surface area contributed by atoms with E-state index in [2.05, 4.69) is 10.6 Å². The van der Waals surface area contributed by atoms with Gasteiger partial charge in [0.05, 0.1) is 10.6 Å². The second-order valence-corrected chi connectivity index (χ2v) is 4.63. The van der Waals surface area contributed by atoms with Gasteiger partial charge in [-0.25, -0.2) is 9.18 Å². The topological polar surface area (TPSA) is 104 Å². The Morgan fingerprint density at radius 1 is 1.17 bits per heavy atom. The number of hydrogen-bond acceptors (Lipinski definition) is 4. The molecular formula is C15H14FN3O4. The Hall–Kier alpha value is -3.00. The molecule has 0 spiro atoms. The third-order valence-electron chi connectivity index (χ3n) is 3.06. The van der Waals surface area contributed by atoms with Crippen molar-refractivity contribution in [3.8, 4) is 0 Å². The number of nitro groups is 1. The van der Waals surface area contributed by atoms with Crippen LogP contribution in [0.3, 0.4) is 0 Å². The third-order valence-corrected chi connectivity index (χ3v) is 3.06. The SMILES string of the molecule is O=C(Nc1cc([N+](=O)[O-])ccc1F)Nc1ccccc1CCO. The highest BCUT2D eigenvalue weighted by Crippen LogP contribution is 2.22. The first-order valence-corrected chi connectivity index (χ1v) is 6.72. The quantitative estimate of drug-likeness (QED) is 0.582. The molecule has 7 nitrogen and oxygen atoms in total. The Labute approximate surface area is 130 Å². The van der Waals surface area contributed by atoms with Crippen molar-refractivity contribution in [2.45, 2.75) is 6.42 Å². The molecule has 0 atom stereocenters. The lowest BCUT2D eigenvalue weighted by Crippen LogP contribution is -2.21. The standard InChI is InChI=1S/C15H14FN3O4/c16-12-6-5-11(19(22)23)9-14(12)18-15(21)17-13-4-2-1-3-10(13)7-8-20/h1-6,9,20H,7-8H2,(H2,17,18,21). The Morgan fingerprint density at radius 2 is 1.87 bits per heavy atom. The number of aliphatic hydroxyl groups excluding tert-OH is 1. The van der Waals surface area contributed by atoms with Crippen molar-refractivity contribution >= 4 is 23.1 Å². The van der Waals surface area contributed by atoms with Crippen LogP contribution in [0, 0.1) is 15.9 Å². The molecule has 0 aromatic heterocycles. The number of aliphatic hydroxyl groups is 1. The molecule has 0 heterocycles. The summed E-state index contributed by atoms with van der Waals surface area (Å²) in [6.07, 6.45) is 0.349. The van der Waals surface area contributed by atoms with Gasteiger partial charge in [0, 0.05) is 24.4 Å². The summed E-state index contributed by atoms with van der Waals surface area (Å²) >= 11 is 0. The number of nitrogens with one attached hydrogen (secondary N) is 2. The van der Waals surface area contributed by atoms with Crippen LogP contribution in [0.1, 0.15) is 5.56 Å². The molecule has 8 heteroatoms. The number of amides is 2. The fourth-order valence-corrected chi connectivity index (χ4v) is 1.98. The van der Waals surface area contributed by atoms with Crippen molar-refractivity contribution in [2.75, 3.05) is 17.2 Å². The predicted molar refractivity (Wildman–Crippen MR) is 82.9 cm³/mol. The van der Waals surface area contributed by atoms with Gasteiger partial charge in [-0.1, -0.05) is 18.2 Å². The number of halogens is 1. The van der Waals surface area contributed by atoms with Gasteiger partial charge in [-0.3, -0.25) is 10.1 Å². The van der Waals surface area contributed by atoms with Crippen molar-refractivity contribution in [1.29, 1.82) is 0 Å². The van der Waals surface area contributed by atoms with E-state index in [1.807, 2.05) is 0 Å². The van der Waals surface area contributed by atoms with E-state index in [0.29, 0.717) is 17.7 Å². The normalized spacial score (nSPS) is 10.2. The zero-order valence-corrected chi connectivity index (χ0v) is 12.0. The molecule has 0 bridgehead atoms. The number of carbonyl (C=O) groups is 1. The third kappa shape index (κ3) is 4.24. The fraction of sp³-hybridized carbons (Fsp3) is 0.133. The molecule has 3 N–H and O–H groups in total. The van der Waals surface area contributed by atoms with Crippen LogP contribution in [-0.4, -0.2) is 22.7 Å². The van der Waals surface area contributed by atoms with Crippen LogP contribution in [-0.2, 0) is 6.42 Å². The molecule has 0 radical (unpaired) electrons. The minimum Gasteiger partial charge on any atom is -0.396 e. The Morgan fingerprint density at radius 3 is 2.57 bits per heavy atom. The minimum absolute atomic E-state index is 0.0835. The van der Waals surface area contributed by atoms with Crippen molar-refractivity contribution in [1.82, 2.24) is 0 Å². The van der Waals surface area contributed by atoms with Gasteiger partial charge < -0.3 is 15.7 Å². The molecule has 0 aliphatic carbocycles. The summed E-state index contributed by atoms with van der Waals surface area (Å²) in [7, 11) is 0. The van der Waals surface area contributed by atoms with Crippen molar-refractivity contribution in [2.24, 2.45) is 0 Å². The molecule has 0 aliphatic heterocycles. The Bertz CT molecular complexity index is 736. The van der Waals surface area contributed by atoms with Gasteiger partial charge in [0.2, 0.25) is 0 Å². The Kier molecular flexibility index (Phi) is 5.21. The molecular weight excluding hydrogens is 305 g/mol. The lowest BCUT2D eigenvalue weighted by molar-refractivity contribution is -0.384. The van der Waals surface area contributed by atoms with E-state index in [1.54, 1.807) is 24.3 Å². The smallest absolute Gasteiger partial charge is 0.323 e. The number of nitro benzene ring substituents is 1. The minimum atomic E-state index is -0.783. The van der Waals surface area contributed by atoms with Crippen LogP contribution in [0.2, 0.25) is 0 Å². The summed E-state index contributed by atoms with van der Waals surface area (Å²) in [5.41, 5.74) is 0.549. The molecule has 2 aromatic carbocycles. The monoisotopic (exact) mass is 319 g/mol. The number of carbonyl (C=O) groups excluding carboxylic acids is 1. The summed E-state index contributed by atoms with van der Waals surface area (Å²) in [4.78, 5) is 22.0. The number of benzene rings is 2. The highest BCUT2D eigenvalue weighted by molar-refractivity contribution is 6.00.